The number of carbonyl (C=O) groups excluding carboxylic acids is 1. The van der Waals surface area contributed by atoms with Crippen LogP contribution in [0.15, 0.2) is 47.0 Å². The largest absolute Gasteiger partial charge is 0.534 e. The Kier molecular flexibility index (Phi) is 6.66. The van der Waals surface area contributed by atoms with Crippen LogP contribution in [0.25, 0.3) is 5.76 Å². The van der Waals surface area contributed by atoms with Gasteiger partial charge in [-0.3, -0.25) is 0 Å². The molecule has 0 radical (unpaired) electrons. The lowest BCUT2D eigenvalue weighted by Crippen LogP contribution is -2.40. The number of anilines is 1. The molecule has 11 nitrogen and oxygen atoms in total. The number of esters is 1. The molecule has 0 aromatic heterocycles. The number of carbonyl (C=O) groups is 1. The third kappa shape index (κ3) is 4.61. The molecule has 4 rings (SSSR count). The van der Waals surface area contributed by atoms with E-state index < -0.39 is 53.5 Å². The first-order valence-corrected chi connectivity index (χ1v) is 13.2. The number of sulfonamides is 1. The van der Waals surface area contributed by atoms with Gasteiger partial charge in [-0.1, -0.05) is 6.92 Å². The molecule has 0 aliphatic carbocycles. The Hall–Kier alpha value is -3.66. The Bertz CT molecular complexity index is 1500. The average Bonchev–Trinajstić information content (AvgIpc) is 3.30. The Morgan fingerprint density at radius 3 is 2.46 bits per heavy atom. The molecule has 2 aliphatic rings. The van der Waals surface area contributed by atoms with Gasteiger partial charge in [-0.25, -0.2) is 17.5 Å². The predicted molar refractivity (Wildman–Crippen MR) is 119 cm³/mol. The summed E-state index contributed by atoms with van der Waals surface area (Å²) >= 11 is 0. The van der Waals surface area contributed by atoms with Gasteiger partial charge in [-0.2, -0.15) is 21.6 Å². The van der Waals surface area contributed by atoms with E-state index in [-0.39, 0.29) is 36.3 Å². The number of methoxy groups -OCH3 is 1. The van der Waals surface area contributed by atoms with Crippen LogP contribution in [0, 0.1) is 0 Å². The van der Waals surface area contributed by atoms with Crippen molar-refractivity contribution in [1.29, 1.82) is 0 Å². The topological polar surface area (TPSA) is 135 Å². The molecule has 2 aliphatic heterocycles. The number of hydrogen-bond donors (Lipinski definition) is 0. The number of fused-ring (bicyclic) bond motifs is 2. The number of alkyl halides is 3. The second-order valence-electron chi connectivity index (χ2n) is 7.47. The highest BCUT2D eigenvalue weighted by atomic mass is 32.2. The first kappa shape index (κ1) is 26.4. The molecule has 200 valence electrons. The lowest BCUT2D eigenvalue weighted by atomic mass is 10.1. The van der Waals surface area contributed by atoms with Crippen LogP contribution >= 0.6 is 0 Å². The Morgan fingerprint density at radius 1 is 1.11 bits per heavy atom. The number of ether oxygens (including phenoxy) is 4. The van der Waals surface area contributed by atoms with Crippen LogP contribution in [-0.2, 0) is 33.9 Å². The summed E-state index contributed by atoms with van der Waals surface area (Å²) in [5.74, 6) is -2.39. The molecule has 0 fully saturated rings. The monoisotopic (exact) mass is 565 g/mol. The van der Waals surface area contributed by atoms with E-state index >= 15 is 0 Å². The molecule has 0 unspecified atom stereocenters. The van der Waals surface area contributed by atoms with Crippen molar-refractivity contribution in [2.45, 2.75) is 23.7 Å². The number of hydrogen-bond acceptors (Lipinski definition) is 10. The Morgan fingerprint density at radius 2 is 1.81 bits per heavy atom. The second kappa shape index (κ2) is 9.33. The van der Waals surface area contributed by atoms with Crippen molar-refractivity contribution in [3.63, 3.8) is 0 Å². The highest BCUT2D eigenvalue weighted by Gasteiger charge is 2.52. The molecule has 2 heterocycles. The zero-order chi connectivity index (χ0) is 27.2. The van der Waals surface area contributed by atoms with Gasteiger partial charge in [0.2, 0.25) is 6.79 Å². The van der Waals surface area contributed by atoms with Gasteiger partial charge in [0.25, 0.3) is 10.0 Å². The summed E-state index contributed by atoms with van der Waals surface area (Å²) in [6.07, 6.45) is 0.553. The maximum Gasteiger partial charge on any atom is 0.534 e. The highest BCUT2D eigenvalue weighted by Crippen LogP contribution is 2.46. The zero-order valence-electron chi connectivity index (χ0n) is 19.1. The van der Waals surface area contributed by atoms with Gasteiger partial charge in [0.05, 0.1) is 19.4 Å². The van der Waals surface area contributed by atoms with Crippen LogP contribution in [0.5, 0.6) is 17.2 Å². The van der Waals surface area contributed by atoms with Gasteiger partial charge < -0.3 is 23.1 Å². The first-order chi connectivity index (χ1) is 17.3. The smallest absolute Gasteiger partial charge is 0.494 e. The number of rotatable bonds is 7. The van der Waals surface area contributed by atoms with E-state index in [1.54, 1.807) is 6.92 Å². The molecule has 0 bridgehead atoms. The van der Waals surface area contributed by atoms with Gasteiger partial charge in [0.15, 0.2) is 23.0 Å². The molecule has 0 saturated carbocycles. The van der Waals surface area contributed by atoms with E-state index in [0.29, 0.717) is 10.7 Å². The summed E-state index contributed by atoms with van der Waals surface area (Å²) in [4.78, 5) is 12.1. The minimum absolute atomic E-state index is 0.0226. The van der Waals surface area contributed by atoms with Crippen molar-refractivity contribution in [2.24, 2.45) is 0 Å². The minimum atomic E-state index is -6.35. The fourth-order valence-corrected chi connectivity index (χ4v) is 5.62. The standard InChI is InChI=1S/C21H18F3NO10S2/c1-3-8-32-13-5-6-14-17(10-13)36(27,28)25(12-4-7-15-16(9-12)34-11-33-15)18(20(26)31-2)19(14)35-37(29,30)21(22,23)24/h4-7,9-10H,3,8,11H2,1-2H3. The third-order valence-corrected chi connectivity index (χ3v) is 7.77. The molecule has 37 heavy (non-hydrogen) atoms. The van der Waals surface area contributed by atoms with Crippen molar-refractivity contribution in [3.05, 3.63) is 47.7 Å². The van der Waals surface area contributed by atoms with E-state index in [2.05, 4.69) is 8.92 Å². The quantitative estimate of drug-likeness (QED) is 0.280. The van der Waals surface area contributed by atoms with Gasteiger partial charge in [-0.15, -0.1) is 0 Å². The van der Waals surface area contributed by atoms with Gasteiger partial charge in [0.1, 0.15) is 10.6 Å². The van der Waals surface area contributed by atoms with E-state index in [4.69, 9.17) is 14.2 Å². The first-order valence-electron chi connectivity index (χ1n) is 10.4. The summed E-state index contributed by atoms with van der Waals surface area (Å²) < 4.78 is 117. The fourth-order valence-electron chi connectivity index (χ4n) is 3.44. The number of nitrogens with zero attached hydrogens (tertiary/aromatic N) is 1. The van der Waals surface area contributed by atoms with Crippen LogP contribution < -0.4 is 18.5 Å². The lowest BCUT2D eigenvalue weighted by Gasteiger charge is -2.32. The Balaban J connectivity index is 2.05. The third-order valence-electron chi connectivity index (χ3n) is 5.05. The second-order valence-corrected chi connectivity index (χ2v) is 10.8. The molecule has 2 aromatic carbocycles. The maximum atomic E-state index is 13.8. The van der Waals surface area contributed by atoms with Crippen molar-refractivity contribution in [1.82, 2.24) is 0 Å². The molecule has 0 saturated heterocycles. The molecule has 0 spiro atoms. The molecule has 0 N–H and O–H groups in total. The maximum absolute atomic E-state index is 13.8. The number of halogens is 3. The van der Waals surface area contributed by atoms with E-state index in [1.807, 2.05) is 0 Å². The van der Waals surface area contributed by atoms with E-state index in [0.717, 1.165) is 25.3 Å². The summed E-state index contributed by atoms with van der Waals surface area (Å²) in [6.45, 7) is 1.78. The average molecular weight is 566 g/mol. The molecular weight excluding hydrogens is 547 g/mol. The van der Waals surface area contributed by atoms with Crippen LogP contribution in [0.2, 0.25) is 0 Å². The lowest BCUT2D eigenvalue weighted by molar-refractivity contribution is -0.136. The Labute approximate surface area is 209 Å². The summed E-state index contributed by atoms with van der Waals surface area (Å²) in [7, 11) is -10.3. The fraction of sp³-hybridized carbons (Fsp3) is 0.286. The molecule has 0 amide bonds. The zero-order valence-corrected chi connectivity index (χ0v) is 20.7. The molecular formula is C21H18F3NO10S2. The SMILES string of the molecule is CCCOc1ccc2c(c1)S(=O)(=O)N(c1ccc3c(c1)OCO3)C(C(=O)OC)=C2OS(=O)(=O)C(F)(F)F. The van der Waals surface area contributed by atoms with E-state index in [1.165, 1.54) is 18.2 Å². The van der Waals surface area contributed by atoms with Crippen molar-refractivity contribution < 1.29 is 57.9 Å². The molecule has 2 aromatic rings. The number of benzene rings is 2. The molecule has 16 heteroatoms. The highest BCUT2D eigenvalue weighted by molar-refractivity contribution is 7.93. The normalized spacial score (nSPS) is 16.3. The summed E-state index contributed by atoms with van der Waals surface area (Å²) in [6, 6.07) is 6.76. The van der Waals surface area contributed by atoms with Crippen molar-refractivity contribution >= 4 is 37.6 Å². The van der Waals surface area contributed by atoms with Crippen LogP contribution in [-0.4, -0.2) is 48.8 Å². The van der Waals surface area contributed by atoms with Crippen LogP contribution in [0.1, 0.15) is 18.9 Å². The minimum Gasteiger partial charge on any atom is -0.494 e. The van der Waals surface area contributed by atoms with Crippen molar-refractivity contribution in [2.75, 3.05) is 24.8 Å². The van der Waals surface area contributed by atoms with Crippen molar-refractivity contribution in [3.8, 4) is 17.2 Å². The summed E-state index contributed by atoms with van der Waals surface area (Å²) in [5, 5.41) is 0. The van der Waals surface area contributed by atoms with Crippen LogP contribution in [0.3, 0.4) is 0 Å². The van der Waals surface area contributed by atoms with Gasteiger partial charge in [-0.05, 0) is 30.7 Å². The van der Waals surface area contributed by atoms with E-state index in [9.17, 15) is 34.8 Å². The van der Waals surface area contributed by atoms with Crippen LogP contribution in [0.4, 0.5) is 18.9 Å². The predicted octanol–water partition coefficient (Wildman–Crippen LogP) is 3.12. The molecule has 0 atom stereocenters. The summed E-state index contributed by atoms with van der Waals surface area (Å²) in [5.41, 5.74) is -7.97. The van der Waals surface area contributed by atoms with Gasteiger partial charge in [0, 0.05) is 17.7 Å². The van der Waals surface area contributed by atoms with Gasteiger partial charge >= 0.3 is 21.6 Å².